The molecule has 1 saturated heterocycles. The predicted molar refractivity (Wildman–Crippen MR) is 111 cm³/mol. The van der Waals surface area contributed by atoms with Crippen molar-refractivity contribution in [1.82, 2.24) is 20.1 Å². The number of aliphatic hydroxyl groups excluding tert-OH is 1. The number of benzene rings is 1. The van der Waals surface area contributed by atoms with Gasteiger partial charge in [-0.2, -0.15) is 0 Å². The molecule has 0 radical (unpaired) electrons. The van der Waals surface area contributed by atoms with E-state index in [1.165, 1.54) is 6.26 Å². The first-order valence-corrected chi connectivity index (χ1v) is 10.5. The molecule has 1 aromatic heterocycles. The normalized spacial score (nSPS) is 17.8. The maximum atomic E-state index is 12.2. The monoisotopic (exact) mass is 400 g/mol. The highest BCUT2D eigenvalue weighted by molar-refractivity contribution is 5.91. The summed E-state index contributed by atoms with van der Waals surface area (Å²) in [4.78, 5) is 21.0. The lowest BCUT2D eigenvalue weighted by Crippen LogP contribution is -2.47. The SMILES string of the molecule is CCC(C)CNC(=O)c1coc(CN2CCN(CC(O)c3ccccc3)CC2)n1. The van der Waals surface area contributed by atoms with Gasteiger partial charge in [0.2, 0.25) is 5.89 Å². The predicted octanol–water partition coefficient (Wildman–Crippen LogP) is 2.30. The van der Waals surface area contributed by atoms with Gasteiger partial charge in [-0.1, -0.05) is 50.6 Å². The summed E-state index contributed by atoms with van der Waals surface area (Å²) in [5, 5.41) is 13.3. The van der Waals surface area contributed by atoms with Crippen LogP contribution in [0.15, 0.2) is 41.0 Å². The maximum Gasteiger partial charge on any atom is 0.273 e. The number of rotatable bonds is 9. The van der Waals surface area contributed by atoms with Gasteiger partial charge in [-0.15, -0.1) is 0 Å². The molecule has 2 aromatic rings. The van der Waals surface area contributed by atoms with Crippen LogP contribution in [-0.2, 0) is 6.54 Å². The summed E-state index contributed by atoms with van der Waals surface area (Å²) in [5.74, 6) is 0.832. The van der Waals surface area contributed by atoms with Gasteiger partial charge in [0, 0.05) is 39.3 Å². The molecule has 7 heteroatoms. The van der Waals surface area contributed by atoms with E-state index in [4.69, 9.17) is 4.42 Å². The molecule has 3 rings (SSSR count). The summed E-state index contributed by atoms with van der Waals surface area (Å²) in [6, 6.07) is 9.77. The van der Waals surface area contributed by atoms with Crippen molar-refractivity contribution in [2.45, 2.75) is 32.9 Å². The first-order chi connectivity index (χ1) is 14.0. The second-order valence-corrected chi connectivity index (χ2v) is 7.85. The van der Waals surface area contributed by atoms with E-state index in [1.807, 2.05) is 30.3 Å². The zero-order valence-corrected chi connectivity index (χ0v) is 17.4. The molecule has 2 N–H and O–H groups in total. The van der Waals surface area contributed by atoms with Crippen LogP contribution in [0, 0.1) is 5.92 Å². The van der Waals surface area contributed by atoms with E-state index in [1.54, 1.807) is 0 Å². The van der Waals surface area contributed by atoms with E-state index >= 15 is 0 Å². The number of amides is 1. The molecule has 0 spiro atoms. The Morgan fingerprint density at radius 3 is 2.59 bits per heavy atom. The van der Waals surface area contributed by atoms with E-state index in [0.29, 0.717) is 37.1 Å². The number of carbonyl (C=O) groups excluding carboxylic acids is 1. The van der Waals surface area contributed by atoms with E-state index in [-0.39, 0.29) is 5.91 Å². The van der Waals surface area contributed by atoms with Crippen molar-refractivity contribution in [2.24, 2.45) is 5.92 Å². The smallest absolute Gasteiger partial charge is 0.273 e. The van der Waals surface area contributed by atoms with Gasteiger partial charge < -0.3 is 14.8 Å². The average molecular weight is 401 g/mol. The number of aromatic nitrogens is 1. The fourth-order valence-corrected chi connectivity index (χ4v) is 3.34. The summed E-state index contributed by atoms with van der Waals surface area (Å²) in [6.45, 7) is 9.60. The number of nitrogens with zero attached hydrogens (tertiary/aromatic N) is 3. The third kappa shape index (κ3) is 6.39. The Morgan fingerprint density at radius 1 is 1.21 bits per heavy atom. The van der Waals surface area contributed by atoms with Crippen molar-refractivity contribution in [1.29, 1.82) is 0 Å². The second kappa shape index (κ2) is 10.5. The molecular formula is C22H32N4O3. The third-order valence-electron chi connectivity index (χ3n) is 5.53. The summed E-state index contributed by atoms with van der Waals surface area (Å²) < 4.78 is 5.50. The molecule has 0 saturated carbocycles. The van der Waals surface area contributed by atoms with Gasteiger partial charge in [0.05, 0.1) is 12.6 Å². The Kier molecular flexibility index (Phi) is 7.80. The lowest BCUT2D eigenvalue weighted by molar-refractivity contribution is 0.0671. The molecule has 0 aliphatic carbocycles. The second-order valence-electron chi connectivity index (χ2n) is 7.85. The zero-order chi connectivity index (χ0) is 20.6. The summed E-state index contributed by atoms with van der Waals surface area (Å²) in [7, 11) is 0. The Labute approximate surface area is 172 Å². The molecule has 2 unspecified atom stereocenters. The first-order valence-electron chi connectivity index (χ1n) is 10.5. The van der Waals surface area contributed by atoms with Crippen molar-refractivity contribution >= 4 is 5.91 Å². The Morgan fingerprint density at radius 2 is 1.90 bits per heavy atom. The van der Waals surface area contributed by atoms with Crippen LogP contribution in [0.3, 0.4) is 0 Å². The fourth-order valence-electron chi connectivity index (χ4n) is 3.34. The highest BCUT2D eigenvalue weighted by Gasteiger charge is 2.22. The van der Waals surface area contributed by atoms with Gasteiger partial charge in [-0.25, -0.2) is 4.98 Å². The van der Waals surface area contributed by atoms with Gasteiger partial charge in [0.1, 0.15) is 6.26 Å². The molecule has 0 bridgehead atoms. The van der Waals surface area contributed by atoms with Gasteiger partial charge in [0.15, 0.2) is 5.69 Å². The van der Waals surface area contributed by atoms with Crippen molar-refractivity contribution in [3.8, 4) is 0 Å². The van der Waals surface area contributed by atoms with E-state index < -0.39 is 6.10 Å². The number of aliphatic hydroxyl groups is 1. The quantitative estimate of drug-likeness (QED) is 0.672. The first kappa shape index (κ1) is 21.5. The van der Waals surface area contributed by atoms with Crippen LogP contribution in [-0.4, -0.2) is 65.1 Å². The molecule has 1 aliphatic rings. The van der Waals surface area contributed by atoms with Gasteiger partial charge >= 0.3 is 0 Å². The van der Waals surface area contributed by atoms with Crippen LogP contribution in [0.4, 0.5) is 0 Å². The summed E-state index contributed by atoms with van der Waals surface area (Å²) in [5.41, 5.74) is 1.29. The van der Waals surface area contributed by atoms with Crippen LogP contribution in [0.25, 0.3) is 0 Å². The minimum absolute atomic E-state index is 0.181. The van der Waals surface area contributed by atoms with E-state index in [2.05, 4.69) is 33.9 Å². The molecule has 1 fully saturated rings. The largest absolute Gasteiger partial charge is 0.447 e. The Bertz CT molecular complexity index is 756. The molecule has 1 amide bonds. The van der Waals surface area contributed by atoms with Crippen LogP contribution in [0.2, 0.25) is 0 Å². The summed E-state index contributed by atoms with van der Waals surface area (Å²) in [6.07, 6.45) is 2.00. The molecule has 2 atom stereocenters. The van der Waals surface area contributed by atoms with Crippen LogP contribution in [0.1, 0.15) is 48.3 Å². The topological polar surface area (TPSA) is 81.8 Å². The highest BCUT2D eigenvalue weighted by Crippen LogP contribution is 2.16. The van der Waals surface area contributed by atoms with Crippen molar-refractivity contribution in [3.05, 3.63) is 53.7 Å². The van der Waals surface area contributed by atoms with Gasteiger partial charge in [-0.3, -0.25) is 14.6 Å². The number of nitrogens with one attached hydrogen (secondary N) is 1. The van der Waals surface area contributed by atoms with Crippen LogP contribution in [0.5, 0.6) is 0 Å². The minimum Gasteiger partial charge on any atom is -0.447 e. The average Bonchev–Trinajstić information content (AvgIpc) is 3.22. The molecule has 29 heavy (non-hydrogen) atoms. The van der Waals surface area contributed by atoms with Crippen LogP contribution >= 0.6 is 0 Å². The maximum absolute atomic E-state index is 12.2. The molecule has 158 valence electrons. The Balaban J connectivity index is 1.42. The lowest BCUT2D eigenvalue weighted by atomic mass is 10.1. The molecule has 1 aromatic carbocycles. The van der Waals surface area contributed by atoms with E-state index in [0.717, 1.165) is 38.2 Å². The summed E-state index contributed by atoms with van der Waals surface area (Å²) >= 11 is 0. The zero-order valence-electron chi connectivity index (χ0n) is 17.4. The molecule has 7 nitrogen and oxygen atoms in total. The van der Waals surface area contributed by atoms with Crippen molar-refractivity contribution in [3.63, 3.8) is 0 Å². The van der Waals surface area contributed by atoms with Crippen molar-refractivity contribution < 1.29 is 14.3 Å². The fraction of sp³-hybridized carbons (Fsp3) is 0.545. The van der Waals surface area contributed by atoms with Crippen molar-refractivity contribution in [2.75, 3.05) is 39.3 Å². The van der Waals surface area contributed by atoms with Gasteiger partial charge in [0.25, 0.3) is 5.91 Å². The number of piperazine rings is 1. The molecular weight excluding hydrogens is 368 g/mol. The molecule has 1 aliphatic heterocycles. The minimum atomic E-state index is -0.467. The number of hydrogen-bond acceptors (Lipinski definition) is 6. The molecule has 2 heterocycles. The number of β-amino-alcohol motifs (C(OH)–C–C–N with tert-alkyl or cyclic N) is 1. The number of carbonyl (C=O) groups is 1. The number of hydrogen-bond donors (Lipinski definition) is 2. The lowest BCUT2D eigenvalue weighted by Gasteiger charge is -2.35. The number of oxazole rings is 1. The highest BCUT2D eigenvalue weighted by atomic mass is 16.3. The van der Waals surface area contributed by atoms with E-state index in [9.17, 15) is 9.90 Å². The van der Waals surface area contributed by atoms with Gasteiger partial charge in [-0.05, 0) is 11.5 Å². The standard InChI is InChI=1S/C22H32N4O3/c1-3-17(2)13-23-22(28)19-16-29-21(24-19)15-26-11-9-25(10-12-26)14-20(27)18-7-5-4-6-8-18/h4-8,16-17,20,27H,3,9-15H2,1-2H3,(H,23,28). The van der Waals surface area contributed by atoms with Crippen LogP contribution < -0.4 is 5.32 Å². The third-order valence-corrected chi connectivity index (χ3v) is 5.53. The Hall–Kier alpha value is -2.22.